The van der Waals surface area contributed by atoms with Crippen LogP contribution < -0.4 is 10.1 Å². The van der Waals surface area contributed by atoms with Crippen molar-refractivity contribution < 1.29 is 4.74 Å². The second-order valence-electron chi connectivity index (χ2n) is 3.79. The van der Waals surface area contributed by atoms with Crippen LogP contribution in [0, 0.1) is 0 Å². The lowest BCUT2D eigenvalue weighted by Crippen LogP contribution is -1.94. The van der Waals surface area contributed by atoms with E-state index in [1.54, 1.807) is 18.4 Å². The number of thiazole rings is 1. The molecule has 96 valence electrons. The number of ether oxygens (including phenoxy) is 1. The molecule has 0 aliphatic carbocycles. The van der Waals surface area contributed by atoms with Gasteiger partial charge in [0, 0.05) is 11.9 Å². The smallest absolute Gasteiger partial charge is 0.183 e. The van der Waals surface area contributed by atoms with E-state index in [-0.39, 0.29) is 0 Å². The van der Waals surface area contributed by atoms with Gasteiger partial charge in [-0.25, -0.2) is 4.98 Å². The first-order valence-electron chi connectivity index (χ1n) is 5.69. The van der Waals surface area contributed by atoms with Crippen molar-refractivity contribution in [2.75, 3.05) is 19.5 Å². The number of benzene rings is 1. The average molecular weight is 327 g/mol. The Kier molecular flexibility index (Phi) is 4.60. The van der Waals surface area contributed by atoms with Crippen molar-refractivity contribution >= 4 is 32.4 Å². The maximum absolute atomic E-state index is 5.35. The Labute approximate surface area is 119 Å². The lowest BCUT2D eigenvalue weighted by Gasteiger charge is -2.07. The molecular formula is C13H15BrN2OS. The van der Waals surface area contributed by atoms with Crippen LogP contribution in [0.1, 0.15) is 10.4 Å². The minimum Gasteiger partial charge on any atom is -0.496 e. The molecule has 3 nitrogen and oxygen atoms in total. The van der Waals surface area contributed by atoms with Crippen LogP contribution in [-0.2, 0) is 12.8 Å². The molecule has 5 heteroatoms. The van der Waals surface area contributed by atoms with Gasteiger partial charge in [-0.3, -0.25) is 0 Å². The fraction of sp³-hybridized carbons (Fsp3) is 0.308. The van der Waals surface area contributed by atoms with E-state index in [1.165, 1.54) is 10.4 Å². The topological polar surface area (TPSA) is 34.2 Å². The Morgan fingerprint density at radius 1 is 1.33 bits per heavy atom. The van der Waals surface area contributed by atoms with E-state index in [1.807, 2.05) is 25.2 Å². The largest absolute Gasteiger partial charge is 0.496 e. The van der Waals surface area contributed by atoms with Gasteiger partial charge in [0.25, 0.3) is 0 Å². The predicted molar refractivity (Wildman–Crippen MR) is 79.8 cm³/mol. The standard InChI is InChI=1S/C13H15BrN2OS/c1-15-13-16-12(14)11(18-13)8-7-9-5-3-4-6-10(9)17-2/h3-6H,7-8H2,1-2H3,(H,15,16). The van der Waals surface area contributed by atoms with Gasteiger partial charge in [0.05, 0.1) is 7.11 Å². The molecule has 2 rings (SSSR count). The quantitative estimate of drug-likeness (QED) is 0.908. The van der Waals surface area contributed by atoms with Crippen LogP contribution >= 0.6 is 27.3 Å². The molecule has 1 N–H and O–H groups in total. The molecule has 0 aliphatic heterocycles. The van der Waals surface area contributed by atoms with Gasteiger partial charge in [0.2, 0.25) is 0 Å². The summed E-state index contributed by atoms with van der Waals surface area (Å²) in [6, 6.07) is 8.13. The van der Waals surface area contributed by atoms with Gasteiger partial charge in [-0.15, -0.1) is 11.3 Å². The van der Waals surface area contributed by atoms with E-state index in [4.69, 9.17) is 4.74 Å². The third kappa shape index (κ3) is 3.03. The molecule has 0 amide bonds. The number of rotatable bonds is 5. The number of aromatic nitrogens is 1. The van der Waals surface area contributed by atoms with E-state index in [9.17, 15) is 0 Å². The molecule has 2 aromatic rings. The number of para-hydroxylation sites is 1. The summed E-state index contributed by atoms with van der Waals surface area (Å²) in [6.45, 7) is 0. The summed E-state index contributed by atoms with van der Waals surface area (Å²) in [7, 11) is 3.59. The summed E-state index contributed by atoms with van der Waals surface area (Å²) in [5, 5.41) is 4.00. The second kappa shape index (κ2) is 6.20. The number of methoxy groups -OCH3 is 1. The molecule has 0 aliphatic rings. The first kappa shape index (κ1) is 13.4. The molecule has 0 fully saturated rings. The maximum Gasteiger partial charge on any atom is 0.183 e. The Hall–Kier alpha value is -1.07. The number of nitrogens with zero attached hydrogens (tertiary/aromatic N) is 1. The van der Waals surface area contributed by atoms with Crippen molar-refractivity contribution in [3.8, 4) is 5.75 Å². The molecule has 0 saturated heterocycles. The number of hydrogen-bond donors (Lipinski definition) is 1. The average Bonchev–Trinajstić information content (AvgIpc) is 2.77. The van der Waals surface area contributed by atoms with Gasteiger partial charge in [-0.2, -0.15) is 0 Å². The summed E-state index contributed by atoms with van der Waals surface area (Å²) in [4.78, 5) is 5.63. The fourth-order valence-electron chi connectivity index (χ4n) is 1.75. The van der Waals surface area contributed by atoms with Gasteiger partial charge >= 0.3 is 0 Å². The number of hydrogen-bond acceptors (Lipinski definition) is 4. The predicted octanol–water partition coefficient (Wildman–Crippen LogP) is 3.74. The van der Waals surface area contributed by atoms with Crippen molar-refractivity contribution in [1.29, 1.82) is 0 Å². The molecule has 0 saturated carbocycles. The molecule has 0 atom stereocenters. The zero-order valence-electron chi connectivity index (χ0n) is 10.4. The molecule has 18 heavy (non-hydrogen) atoms. The normalized spacial score (nSPS) is 10.4. The molecule has 0 spiro atoms. The van der Waals surface area contributed by atoms with Gasteiger partial charge in [0.1, 0.15) is 10.4 Å². The van der Waals surface area contributed by atoms with E-state index >= 15 is 0 Å². The fourth-order valence-corrected chi connectivity index (χ4v) is 3.29. The Morgan fingerprint density at radius 2 is 2.11 bits per heavy atom. The van der Waals surface area contributed by atoms with Crippen LogP contribution in [0.15, 0.2) is 28.9 Å². The molecular weight excluding hydrogens is 312 g/mol. The third-order valence-corrected chi connectivity index (χ3v) is 4.73. The molecule has 0 bridgehead atoms. The summed E-state index contributed by atoms with van der Waals surface area (Å²) in [5.74, 6) is 0.951. The zero-order valence-corrected chi connectivity index (χ0v) is 12.8. The van der Waals surface area contributed by atoms with Crippen LogP contribution in [0.2, 0.25) is 0 Å². The number of aryl methyl sites for hydroxylation is 2. The third-order valence-electron chi connectivity index (χ3n) is 2.68. The van der Waals surface area contributed by atoms with Gasteiger partial charge in [0.15, 0.2) is 5.13 Å². The molecule has 1 aromatic heterocycles. The Balaban J connectivity index is 2.08. The van der Waals surface area contributed by atoms with Crippen LogP contribution in [-0.4, -0.2) is 19.1 Å². The highest BCUT2D eigenvalue weighted by Gasteiger charge is 2.09. The van der Waals surface area contributed by atoms with Crippen molar-refractivity contribution in [3.63, 3.8) is 0 Å². The van der Waals surface area contributed by atoms with E-state index < -0.39 is 0 Å². The number of nitrogens with one attached hydrogen (secondary N) is 1. The minimum absolute atomic E-state index is 0.937. The van der Waals surface area contributed by atoms with Crippen LogP contribution in [0.25, 0.3) is 0 Å². The highest BCUT2D eigenvalue weighted by Crippen LogP contribution is 2.29. The molecule has 0 unspecified atom stereocenters. The van der Waals surface area contributed by atoms with E-state index in [2.05, 4.69) is 32.3 Å². The van der Waals surface area contributed by atoms with Crippen LogP contribution in [0.5, 0.6) is 5.75 Å². The Bertz CT molecular complexity index is 527. The Morgan fingerprint density at radius 3 is 2.78 bits per heavy atom. The van der Waals surface area contributed by atoms with Crippen LogP contribution in [0.3, 0.4) is 0 Å². The summed E-state index contributed by atoms with van der Waals surface area (Å²) >= 11 is 5.18. The van der Waals surface area contributed by atoms with Crippen LogP contribution in [0.4, 0.5) is 5.13 Å². The van der Waals surface area contributed by atoms with E-state index in [0.29, 0.717) is 0 Å². The van der Waals surface area contributed by atoms with Crippen molar-refractivity contribution in [2.24, 2.45) is 0 Å². The second-order valence-corrected chi connectivity index (χ2v) is 5.63. The maximum atomic E-state index is 5.35. The highest BCUT2D eigenvalue weighted by atomic mass is 79.9. The summed E-state index contributed by atoms with van der Waals surface area (Å²) in [5.41, 5.74) is 1.23. The minimum atomic E-state index is 0.937. The van der Waals surface area contributed by atoms with Crippen molar-refractivity contribution in [2.45, 2.75) is 12.8 Å². The lowest BCUT2D eigenvalue weighted by molar-refractivity contribution is 0.409. The van der Waals surface area contributed by atoms with Crippen molar-refractivity contribution in [1.82, 2.24) is 4.98 Å². The number of anilines is 1. The molecule has 1 heterocycles. The van der Waals surface area contributed by atoms with Crippen molar-refractivity contribution in [3.05, 3.63) is 39.3 Å². The zero-order chi connectivity index (χ0) is 13.0. The highest BCUT2D eigenvalue weighted by molar-refractivity contribution is 9.10. The monoisotopic (exact) mass is 326 g/mol. The molecule has 0 radical (unpaired) electrons. The first-order valence-corrected chi connectivity index (χ1v) is 7.30. The van der Waals surface area contributed by atoms with Gasteiger partial charge in [-0.05, 0) is 40.4 Å². The van der Waals surface area contributed by atoms with Gasteiger partial charge in [-0.1, -0.05) is 18.2 Å². The van der Waals surface area contributed by atoms with E-state index in [0.717, 1.165) is 28.3 Å². The summed E-state index contributed by atoms with van der Waals surface area (Å²) in [6.07, 6.45) is 1.91. The lowest BCUT2D eigenvalue weighted by atomic mass is 10.1. The van der Waals surface area contributed by atoms with Gasteiger partial charge < -0.3 is 10.1 Å². The first-order chi connectivity index (χ1) is 8.74. The molecule has 1 aromatic carbocycles. The SMILES string of the molecule is CNc1nc(Br)c(CCc2ccccc2OC)s1. The number of halogens is 1. The summed E-state index contributed by atoms with van der Waals surface area (Å²) < 4.78 is 6.29.